The van der Waals surface area contributed by atoms with Crippen molar-refractivity contribution in [2.24, 2.45) is 0 Å². The van der Waals surface area contributed by atoms with Gasteiger partial charge in [0.15, 0.2) is 0 Å². The Balaban J connectivity index is 5.47. The molecule has 0 rings (SSSR count). The molecule has 0 spiro atoms. The van der Waals surface area contributed by atoms with E-state index in [1.165, 1.54) is 0 Å². The summed E-state index contributed by atoms with van der Waals surface area (Å²) in [4.78, 5) is 45.4. The number of methoxy groups -OCH3 is 4. The van der Waals surface area contributed by atoms with E-state index in [1.807, 2.05) is 0 Å². The minimum Gasteiger partial charge on any atom is -0.451 e. The molecule has 0 aromatic heterocycles. The molecule has 0 radical (unpaired) electrons. The molecule has 0 N–H and O–H groups in total. The molecular formula is C8H12N2O8. The average Bonchev–Trinajstić information content (AvgIpc) is 2.41. The van der Waals surface area contributed by atoms with Gasteiger partial charge in [-0.25, -0.2) is 19.2 Å². The van der Waals surface area contributed by atoms with Gasteiger partial charge in [-0.2, -0.15) is 0 Å². The molecule has 0 atom stereocenters. The molecule has 102 valence electrons. The van der Waals surface area contributed by atoms with Gasteiger partial charge in [0.2, 0.25) is 0 Å². The van der Waals surface area contributed by atoms with Crippen LogP contribution in [0.15, 0.2) is 0 Å². The van der Waals surface area contributed by atoms with Crippen LogP contribution in [-0.2, 0) is 18.9 Å². The average molecular weight is 264 g/mol. The van der Waals surface area contributed by atoms with Crippen molar-refractivity contribution in [2.75, 3.05) is 28.4 Å². The van der Waals surface area contributed by atoms with E-state index in [-0.39, 0.29) is 10.0 Å². The molecular weight excluding hydrogens is 252 g/mol. The van der Waals surface area contributed by atoms with Crippen LogP contribution in [0.4, 0.5) is 19.2 Å². The Labute approximate surface area is 102 Å². The summed E-state index contributed by atoms with van der Waals surface area (Å²) in [6, 6.07) is 0. The Hall–Kier alpha value is -2.52. The second-order valence-electron chi connectivity index (χ2n) is 2.50. The van der Waals surface area contributed by atoms with Crippen molar-refractivity contribution in [1.29, 1.82) is 0 Å². The van der Waals surface area contributed by atoms with Crippen LogP contribution in [0.2, 0.25) is 0 Å². The lowest BCUT2D eigenvalue weighted by molar-refractivity contribution is -0.00449. The summed E-state index contributed by atoms with van der Waals surface area (Å²) in [6.45, 7) is 0. The minimum absolute atomic E-state index is 0.0162. The van der Waals surface area contributed by atoms with Gasteiger partial charge >= 0.3 is 24.4 Å². The SMILES string of the molecule is COC(=O)N(C(=O)OC)N(C(=O)OC)C(=O)OC. The van der Waals surface area contributed by atoms with Gasteiger partial charge in [-0.3, -0.25) is 0 Å². The number of imide groups is 2. The van der Waals surface area contributed by atoms with Crippen LogP contribution in [0.1, 0.15) is 0 Å². The third-order valence-electron chi connectivity index (χ3n) is 1.59. The maximum Gasteiger partial charge on any atom is 0.439 e. The van der Waals surface area contributed by atoms with E-state index in [0.717, 1.165) is 28.4 Å². The second kappa shape index (κ2) is 6.93. The molecule has 0 aromatic carbocycles. The lowest BCUT2D eigenvalue weighted by Crippen LogP contribution is -2.55. The number of nitrogens with zero attached hydrogens (tertiary/aromatic N) is 2. The zero-order valence-electron chi connectivity index (χ0n) is 10.2. The summed E-state index contributed by atoms with van der Waals surface area (Å²) < 4.78 is 16.9. The van der Waals surface area contributed by atoms with E-state index in [4.69, 9.17) is 0 Å². The maximum absolute atomic E-state index is 11.3. The van der Waals surface area contributed by atoms with E-state index in [9.17, 15) is 19.2 Å². The van der Waals surface area contributed by atoms with Gasteiger partial charge in [0.05, 0.1) is 28.4 Å². The second-order valence-corrected chi connectivity index (χ2v) is 2.50. The molecule has 18 heavy (non-hydrogen) atoms. The van der Waals surface area contributed by atoms with Crippen molar-refractivity contribution < 1.29 is 38.1 Å². The predicted molar refractivity (Wildman–Crippen MR) is 53.3 cm³/mol. The number of carbonyl (C=O) groups excluding carboxylic acids is 4. The Morgan fingerprint density at radius 2 is 0.722 bits per heavy atom. The van der Waals surface area contributed by atoms with Gasteiger partial charge < -0.3 is 18.9 Å². The number of rotatable bonds is 0. The van der Waals surface area contributed by atoms with Gasteiger partial charge in [0, 0.05) is 0 Å². The molecule has 0 aliphatic carbocycles. The minimum atomic E-state index is -1.34. The van der Waals surface area contributed by atoms with Gasteiger partial charge in [0.25, 0.3) is 0 Å². The normalized spacial score (nSPS) is 8.89. The Kier molecular flexibility index (Phi) is 5.96. The molecule has 0 bridgehead atoms. The van der Waals surface area contributed by atoms with Gasteiger partial charge in [-0.05, 0) is 0 Å². The van der Waals surface area contributed by atoms with Crippen LogP contribution in [0.3, 0.4) is 0 Å². The fourth-order valence-electron chi connectivity index (χ4n) is 0.822. The van der Waals surface area contributed by atoms with Crippen molar-refractivity contribution >= 4 is 24.4 Å². The van der Waals surface area contributed by atoms with E-state index >= 15 is 0 Å². The zero-order chi connectivity index (χ0) is 14.3. The van der Waals surface area contributed by atoms with E-state index in [0.29, 0.717) is 0 Å². The molecule has 4 amide bonds. The largest absolute Gasteiger partial charge is 0.451 e. The number of ether oxygens (including phenoxy) is 4. The van der Waals surface area contributed by atoms with Gasteiger partial charge in [-0.15, -0.1) is 0 Å². The quantitative estimate of drug-likeness (QED) is 0.461. The first-order valence-corrected chi connectivity index (χ1v) is 4.36. The molecule has 0 heterocycles. The smallest absolute Gasteiger partial charge is 0.439 e. The van der Waals surface area contributed by atoms with Crippen molar-refractivity contribution in [3.63, 3.8) is 0 Å². The molecule has 10 nitrogen and oxygen atoms in total. The first kappa shape index (κ1) is 15.5. The molecule has 0 aliphatic rings. The highest BCUT2D eigenvalue weighted by atomic mass is 16.6. The Morgan fingerprint density at radius 3 is 0.833 bits per heavy atom. The number of hydrogen-bond acceptors (Lipinski definition) is 8. The number of carbonyl (C=O) groups is 4. The van der Waals surface area contributed by atoms with E-state index in [2.05, 4.69) is 18.9 Å². The van der Waals surface area contributed by atoms with Gasteiger partial charge in [-0.1, -0.05) is 10.0 Å². The molecule has 10 heteroatoms. The van der Waals surface area contributed by atoms with Gasteiger partial charge in [0.1, 0.15) is 0 Å². The van der Waals surface area contributed by atoms with Crippen LogP contribution in [0, 0.1) is 0 Å². The standard InChI is InChI=1S/C8H12N2O8/c1-15-5(11)9(6(12)16-2)10(7(13)17-3)8(14)18-4/h1-4H3. The molecule has 0 aromatic rings. The van der Waals surface area contributed by atoms with Crippen LogP contribution in [0.5, 0.6) is 0 Å². The first-order valence-electron chi connectivity index (χ1n) is 4.36. The summed E-state index contributed by atoms with van der Waals surface area (Å²) in [5.74, 6) is 0. The zero-order valence-corrected chi connectivity index (χ0v) is 10.2. The molecule has 0 saturated carbocycles. The summed E-state index contributed by atoms with van der Waals surface area (Å²) in [5, 5.41) is -0.0324. The van der Waals surface area contributed by atoms with Crippen LogP contribution >= 0.6 is 0 Å². The van der Waals surface area contributed by atoms with Crippen LogP contribution < -0.4 is 0 Å². The van der Waals surface area contributed by atoms with E-state index < -0.39 is 24.4 Å². The third-order valence-corrected chi connectivity index (χ3v) is 1.59. The van der Waals surface area contributed by atoms with Crippen molar-refractivity contribution in [3.05, 3.63) is 0 Å². The molecule has 0 fully saturated rings. The Bertz CT molecular complexity index is 289. The first-order chi connectivity index (χ1) is 8.44. The van der Waals surface area contributed by atoms with Crippen molar-refractivity contribution in [3.8, 4) is 0 Å². The molecule has 0 saturated heterocycles. The predicted octanol–water partition coefficient (Wildman–Crippen LogP) is 0.571. The highest BCUT2D eigenvalue weighted by Gasteiger charge is 2.40. The van der Waals surface area contributed by atoms with Crippen LogP contribution in [-0.4, -0.2) is 62.8 Å². The number of hydrogen-bond donors (Lipinski definition) is 0. The lowest BCUT2D eigenvalue weighted by atomic mass is 10.8. The summed E-state index contributed by atoms with van der Waals surface area (Å²) in [5.41, 5.74) is 0. The molecule has 0 unspecified atom stereocenters. The summed E-state index contributed by atoms with van der Waals surface area (Å²) in [7, 11) is 3.74. The monoisotopic (exact) mass is 264 g/mol. The molecule has 0 aliphatic heterocycles. The number of hydrazine groups is 1. The van der Waals surface area contributed by atoms with Crippen molar-refractivity contribution in [2.45, 2.75) is 0 Å². The highest BCUT2D eigenvalue weighted by Crippen LogP contribution is 2.08. The highest BCUT2D eigenvalue weighted by molar-refractivity contribution is 5.96. The van der Waals surface area contributed by atoms with Crippen LogP contribution in [0.25, 0.3) is 0 Å². The van der Waals surface area contributed by atoms with E-state index in [1.54, 1.807) is 0 Å². The third kappa shape index (κ3) is 3.23. The topological polar surface area (TPSA) is 112 Å². The fourth-order valence-corrected chi connectivity index (χ4v) is 0.822. The Morgan fingerprint density at radius 1 is 0.556 bits per heavy atom. The summed E-state index contributed by atoms with van der Waals surface area (Å²) in [6.07, 6.45) is -5.34. The van der Waals surface area contributed by atoms with Crippen molar-refractivity contribution in [1.82, 2.24) is 10.0 Å². The lowest BCUT2D eigenvalue weighted by Gasteiger charge is -2.26. The number of amides is 4. The maximum atomic E-state index is 11.3. The fraction of sp³-hybridized carbons (Fsp3) is 0.500. The summed E-state index contributed by atoms with van der Waals surface area (Å²) >= 11 is 0.